The second-order valence-electron chi connectivity index (χ2n) is 6.25. The third-order valence-corrected chi connectivity index (χ3v) is 4.39. The fourth-order valence-electron chi connectivity index (χ4n) is 3.13. The van der Waals surface area contributed by atoms with E-state index in [1.165, 1.54) is 0 Å². The molecule has 0 radical (unpaired) electrons. The lowest BCUT2D eigenvalue weighted by Crippen LogP contribution is -2.49. The van der Waals surface area contributed by atoms with Crippen LogP contribution in [0.2, 0.25) is 0 Å². The molecule has 1 amide bonds. The van der Waals surface area contributed by atoms with Gasteiger partial charge < -0.3 is 14.6 Å². The molecule has 130 valence electrons. The Labute approximate surface area is 146 Å². The highest BCUT2D eigenvalue weighted by atomic mass is 16.5. The molecule has 0 aliphatic heterocycles. The second kappa shape index (κ2) is 7.34. The quantitative estimate of drug-likeness (QED) is 0.898. The Hall–Kier alpha value is -2.88. The number of carbonyl (C=O) groups is 1. The van der Waals surface area contributed by atoms with Gasteiger partial charge >= 0.3 is 0 Å². The van der Waals surface area contributed by atoms with E-state index in [0.29, 0.717) is 23.0 Å². The summed E-state index contributed by atoms with van der Waals surface area (Å²) in [5, 5.41) is 15.9. The predicted octanol–water partition coefficient (Wildman–Crippen LogP) is 2.60. The number of amides is 1. The first kappa shape index (κ1) is 17.0. The van der Waals surface area contributed by atoms with Crippen molar-refractivity contribution in [2.45, 2.75) is 44.6 Å². The number of aryl methyl sites for hydroxylation is 1. The Morgan fingerprint density at radius 3 is 2.64 bits per heavy atom. The van der Waals surface area contributed by atoms with E-state index in [1.807, 2.05) is 6.07 Å². The molecule has 1 aromatic carbocycles. The second-order valence-corrected chi connectivity index (χ2v) is 6.25. The molecule has 2 aromatic rings. The van der Waals surface area contributed by atoms with Gasteiger partial charge in [0, 0.05) is 6.92 Å². The number of hydrogen-bond acceptors (Lipinski definition) is 6. The topological polar surface area (TPSA) is 101 Å². The van der Waals surface area contributed by atoms with Crippen molar-refractivity contribution in [3.8, 4) is 11.8 Å². The van der Waals surface area contributed by atoms with Crippen LogP contribution in [0.1, 0.15) is 49.4 Å². The van der Waals surface area contributed by atoms with E-state index in [-0.39, 0.29) is 12.5 Å². The molecule has 25 heavy (non-hydrogen) atoms. The number of nitriles is 1. The van der Waals surface area contributed by atoms with Crippen LogP contribution in [-0.2, 0) is 10.3 Å². The minimum Gasteiger partial charge on any atom is -0.484 e. The number of nitrogens with one attached hydrogen (secondary N) is 1. The first-order chi connectivity index (χ1) is 12.1. The minimum atomic E-state index is -0.582. The van der Waals surface area contributed by atoms with Crippen LogP contribution in [0.3, 0.4) is 0 Å². The summed E-state index contributed by atoms with van der Waals surface area (Å²) in [5.41, 5.74) is -0.0355. The number of aromatic nitrogens is 2. The van der Waals surface area contributed by atoms with Crippen molar-refractivity contribution in [2.24, 2.45) is 0 Å². The standard InChI is InChI=1S/C18H20N4O3/c1-13-20-17(22-25-13)18(9-3-2-4-10-18)21-16(23)12-24-15-7-5-14(11-19)6-8-15/h5-8H,2-4,9-10,12H2,1H3,(H,21,23). The molecule has 1 N–H and O–H groups in total. The molecule has 3 rings (SSSR count). The average Bonchev–Trinajstić information content (AvgIpc) is 3.08. The number of nitrogens with zero attached hydrogens (tertiary/aromatic N) is 3. The number of benzene rings is 1. The SMILES string of the molecule is Cc1nc(C2(NC(=O)COc3ccc(C#N)cc3)CCCCC2)no1. The zero-order valence-electron chi connectivity index (χ0n) is 14.1. The molecular weight excluding hydrogens is 320 g/mol. The molecule has 0 unspecified atom stereocenters. The van der Waals surface area contributed by atoms with E-state index in [9.17, 15) is 4.79 Å². The lowest BCUT2D eigenvalue weighted by molar-refractivity contribution is -0.125. The Balaban J connectivity index is 1.65. The van der Waals surface area contributed by atoms with E-state index in [0.717, 1.165) is 32.1 Å². The highest BCUT2D eigenvalue weighted by Gasteiger charge is 2.39. The summed E-state index contributed by atoms with van der Waals surface area (Å²) in [6, 6.07) is 8.68. The smallest absolute Gasteiger partial charge is 0.258 e. The highest BCUT2D eigenvalue weighted by molar-refractivity contribution is 5.78. The molecule has 0 atom stereocenters. The van der Waals surface area contributed by atoms with Crippen LogP contribution in [0.25, 0.3) is 0 Å². The average molecular weight is 340 g/mol. The van der Waals surface area contributed by atoms with Gasteiger partial charge in [-0.15, -0.1) is 0 Å². The lowest BCUT2D eigenvalue weighted by Gasteiger charge is -2.35. The van der Waals surface area contributed by atoms with Crippen LogP contribution >= 0.6 is 0 Å². The summed E-state index contributed by atoms with van der Waals surface area (Å²) in [7, 11) is 0. The van der Waals surface area contributed by atoms with Crippen molar-refractivity contribution in [3.05, 3.63) is 41.5 Å². The van der Waals surface area contributed by atoms with Crippen molar-refractivity contribution < 1.29 is 14.1 Å². The van der Waals surface area contributed by atoms with Crippen molar-refractivity contribution in [3.63, 3.8) is 0 Å². The summed E-state index contributed by atoms with van der Waals surface area (Å²) in [5.74, 6) is 1.34. The zero-order valence-corrected chi connectivity index (χ0v) is 14.1. The van der Waals surface area contributed by atoms with Crippen molar-refractivity contribution >= 4 is 5.91 Å². The third-order valence-electron chi connectivity index (χ3n) is 4.39. The predicted molar refractivity (Wildman–Crippen MR) is 88.6 cm³/mol. The maximum Gasteiger partial charge on any atom is 0.258 e. The maximum atomic E-state index is 12.4. The van der Waals surface area contributed by atoms with E-state index >= 15 is 0 Å². The van der Waals surface area contributed by atoms with E-state index < -0.39 is 5.54 Å². The molecule has 1 aromatic heterocycles. The molecule has 1 saturated carbocycles. The molecule has 7 nitrogen and oxygen atoms in total. The van der Waals surface area contributed by atoms with Gasteiger partial charge in [-0.25, -0.2) is 0 Å². The van der Waals surface area contributed by atoms with Gasteiger partial charge in [0.1, 0.15) is 11.3 Å². The van der Waals surface area contributed by atoms with Gasteiger partial charge in [0.15, 0.2) is 12.4 Å². The first-order valence-electron chi connectivity index (χ1n) is 8.36. The minimum absolute atomic E-state index is 0.107. The van der Waals surface area contributed by atoms with Gasteiger partial charge in [-0.1, -0.05) is 24.4 Å². The Morgan fingerprint density at radius 2 is 2.04 bits per heavy atom. The van der Waals surface area contributed by atoms with E-state index in [2.05, 4.69) is 15.5 Å². The van der Waals surface area contributed by atoms with Crippen LogP contribution < -0.4 is 10.1 Å². The number of rotatable bonds is 5. The zero-order chi connectivity index (χ0) is 17.7. The molecule has 0 spiro atoms. The summed E-state index contributed by atoms with van der Waals surface area (Å²) in [6.07, 6.45) is 4.72. The van der Waals surface area contributed by atoms with E-state index in [4.69, 9.17) is 14.5 Å². The molecule has 1 fully saturated rings. The van der Waals surface area contributed by atoms with Crippen molar-refractivity contribution in [2.75, 3.05) is 6.61 Å². The largest absolute Gasteiger partial charge is 0.484 e. The molecule has 1 aliphatic carbocycles. The Morgan fingerprint density at radius 1 is 1.32 bits per heavy atom. The van der Waals surface area contributed by atoms with Gasteiger partial charge in [0.2, 0.25) is 5.89 Å². The van der Waals surface area contributed by atoms with Gasteiger partial charge in [0.05, 0.1) is 11.6 Å². The molecule has 1 aliphatic rings. The highest BCUT2D eigenvalue weighted by Crippen LogP contribution is 2.35. The van der Waals surface area contributed by atoms with Crippen LogP contribution in [-0.4, -0.2) is 22.7 Å². The number of carbonyl (C=O) groups excluding carboxylic acids is 1. The van der Waals surface area contributed by atoms with Crippen LogP contribution in [0.5, 0.6) is 5.75 Å². The third kappa shape index (κ3) is 3.97. The van der Waals surface area contributed by atoms with Gasteiger partial charge in [-0.05, 0) is 37.1 Å². The molecule has 1 heterocycles. The van der Waals surface area contributed by atoms with Crippen LogP contribution in [0.4, 0.5) is 0 Å². The summed E-state index contributed by atoms with van der Waals surface area (Å²) in [6.45, 7) is 1.63. The van der Waals surface area contributed by atoms with Crippen LogP contribution in [0.15, 0.2) is 28.8 Å². The summed E-state index contributed by atoms with van der Waals surface area (Å²) < 4.78 is 10.6. The monoisotopic (exact) mass is 340 g/mol. The van der Waals surface area contributed by atoms with Crippen molar-refractivity contribution in [1.82, 2.24) is 15.5 Å². The fraction of sp³-hybridized carbons (Fsp3) is 0.444. The molecule has 0 saturated heterocycles. The van der Waals surface area contributed by atoms with E-state index in [1.54, 1.807) is 31.2 Å². The van der Waals surface area contributed by atoms with Crippen molar-refractivity contribution in [1.29, 1.82) is 5.26 Å². The lowest BCUT2D eigenvalue weighted by atomic mass is 9.81. The fourth-order valence-corrected chi connectivity index (χ4v) is 3.13. The van der Waals surface area contributed by atoms with Gasteiger partial charge in [-0.3, -0.25) is 4.79 Å². The van der Waals surface area contributed by atoms with Gasteiger partial charge in [-0.2, -0.15) is 10.2 Å². The maximum absolute atomic E-state index is 12.4. The Bertz CT molecular complexity index is 770. The number of hydrogen-bond donors (Lipinski definition) is 1. The number of ether oxygens (including phenoxy) is 1. The van der Waals surface area contributed by atoms with Gasteiger partial charge in [0.25, 0.3) is 5.91 Å². The summed E-state index contributed by atoms with van der Waals surface area (Å²) in [4.78, 5) is 16.8. The van der Waals surface area contributed by atoms with Crippen LogP contribution in [0, 0.1) is 18.3 Å². The normalized spacial score (nSPS) is 16.0. The molecule has 7 heteroatoms. The molecular formula is C18H20N4O3. The molecule has 0 bridgehead atoms. The summed E-state index contributed by atoms with van der Waals surface area (Å²) >= 11 is 0. The first-order valence-corrected chi connectivity index (χ1v) is 8.36. The Kier molecular flexibility index (Phi) is 4.98.